The van der Waals surface area contributed by atoms with Crippen molar-refractivity contribution in [1.82, 2.24) is 10.6 Å². The van der Waals surface area contributed by atoms with E-state index < -0.39 is 11.8 Å². The molecule has 2 amide bonds. The van der Waals surface area contributed by atoms with Gasteiger partial charge in [0, 0.05) is 12.1 Å². The topological polar surface area (TPSA) is 96.9 Å². The molecule has 7 heteroatoms. The highest BCUT2D eigenvalue weighted by molar-refractivity contribution is 6.05. The quantitative estimate of drug-likeness (QED) is 0.521. The lowest BCUT2D eigenvalue weighted by Crippen LogP contribution is -2.36. The van der Waals surface area contributed by atoms with Gasteiger partial charge in [-0.1, -0.05) is 26.0 Å². The van der Waals surface area contributed by atoms with Crippen LogP contribution in [0.4, 0.5) is 0 Å². The number of amides is 2. The van der Waals surface area contributed by atoms with Crippen LogP contribution in [-0.2, 0) is 4.79 Å². The summed E-state index contributed by atoms with van der Waals surface area (Å²) in [5.74, 6) is 0.836. The monoisotopic (exact) mass is 412 g/mol. The first-order valence-corrected chi connectivity index (χ1v) is 9.72. The predicted octanol–water partition coefficient (Wildman–Crippen LogP) is 2.61. The Kier molecular flexibility index (Phi) is 8.90. The number of carbonyl (C=O) groups excluding carboxylic acids is 2. The molecule has 0 saturated carbocycles. The normalized spacial score (nSPS) is 11.2. The van der Waals surface area contributed by atoms with Crippen LogP contribution >= 0.6 is 0 Å². The fraction of sp³-hybridized carbons (Fsp3) is 0.304. The van der Waals surface area contributed by atoms with Crippen LogP contribution in [0.5, 0.6) is 11.5 Å². The van der Waals surface area contributed by atoms with Crippen molar-refractivity contribution < 1.29 is 24.2 Å². The standard InChI is InChI=1S/C23H28N2O5/c1-16(2)15-30-20-10-6-18(7-11-20)22(27)25-21(23(28)24-12-13-26)14-17-4-8-19(29-3)9-5-17/h4-11,14,16,26H,12-13,15H2,1-3H3,(H,24,28)(H,25,27). The van der Waals surface area contributed by atoms with Gasteiger partial charge in [0.25, 0.3) is 11.8 Å². The van der Waals surface area contributed by atoms with Gasteiger partial charge in [0.2, 0.25) is 0 Å². The minimum atomic E-state index is -0.495. The van der Waals surface area contributed by atoms with Crippen molar-refractivity contribution in [2.24, 2.45) is 5.92 Å². The number of ether oxygens (including phenoxy) is 2. The van der Waals surface area contributed by atoms with Crippen molar-refractivity contribution in [3.05, 3.63) is 65.4 Å². The summed E-state index contributed by atoms with van der Waals surface area (Å²) in [4.78, 5) is 25.1. The van der Waals surface area contributed by atoms with Crippen LogP contribution < -0.4 is 20.1 Å². The van der Waals surface area contributed by atoms with Gasteiger partial charge in [-0.3, -0.25) is 9.59 Å². The zero-order valence-electron chi connectivity index (χ0n) is 17.5. The molecule has 0 unspecified atom stereocenters. The highest BCUT2D eigenvalue weighted by atomic mass is 16.5. The molecule has 0 bridgehead atoms. The fourth-order valence-corrected chi connectivity index (χ4v) is 2.45. The Morgan fingerprint density at radius 2 is 1.67 bits per heavy atom. The molecule has 2 aromatic carbocycles. The van der Waals surface area contributed by atoms with Crippen molar-refractivity contribution in [3.63, 3.8) is 0 Å². The lowest BCUT2D eigenvalue weighted by atomic mass is 10.1. The summed E-state index contributed by atoms with van der Waals surface area (Å²) in [7, 11) is 1.57. The fourth-order valence-electron chi connectivity index (χ4n) is 2.45. The maximum absolute atomic E-state index is 12.7. The minimum Gasteiger partial charge on any atom is -0.497 e. The lowest BCUT2D eigenvalue weighted by Gasteiger charge is -2.12. The summed E-state index contributed by atoms with van der Waals surface area (Å²) in [6.07, 6.45) is 1.56. The number of aliphatic hydroxyl groups excluding tert-OH is 1. The Labute approximate surface area is 176 Å². The van der Waals surface area contributed by atoms with Gasteiger partial charge in [-0.25, -0.2) is 0 Å². The first-order valence-electron chi connectivity index (χ1n) is 9.72. The predicted molar refractivity (Wildman–Crippen MR) is 115 cm³/mol. The van der Waals surface area contributed by atoms with E-state index in [9.17, 15) is 9.59 Å². The summed E-state index contributed by atoms with van der Waals surface area (Å²) in [6, 6.07) is 13.8. The van der Waals surface area contributed by atoms with Crippen molar-refractivity contribution in [2.75, 3.05) is 26.9 Å². The minimum absolute atomic E-state index is 0.0683. The highest BCUT2D eigenvalue weighted by Gasteiger charge is 2.14. The van der Waals surface area contributed by atoms with E-state index in [4.69, 9.17) is 14.6 Å². The van der Waals surface area contributed by atoms with E-state index in [1.165, 1.54) is 0 Å². The number of hydrogen-bond acceptors (Lipinski definition) is 5. The molecule has 0 aliphatic heterocycles. The van der Waals surface area contributed by atoms with E-state index in [1.54, 1.807) is 61.7 Å². The third kappa shape index (κ3) is 7.25. The van der Waals surface area contributed by atoms with Crippen LogP contribution in [0.25, 0.3) is 6.08 Å². The summed E-state index contributed by atoms with van der Waals surface area (Å²) in [5, 5.41) is 14.2. The highest BCUT2D eigenvalue weighted by Crippen LogP contribution is 2.15. The SMILES string of the molecule is COc1ccc(C=C(NC(=O)c2ccc(OCC(C)C)cc2)C(=O)NCCO)cc1. The zero-order chi connectivity index (χ0) is 21.9. The summed E-state index contributed by atoms with van der Waals surface area (Å²) >= 11 is 0. The second-order valence-electron chi connectivity index (χ2n) is 6.99. The number of methoxy groups -OCH3 is 1. The van der Waals surface area contributed by atoms with Crippen molar-refractivity contribution in [2.45, 2.75) is 13.8 Å². The molecule has 0 heterocycles. The van der Waals surface area contributed by atoms with E-state index >= 15 is 0 Å². The van der Waals surface area contributed by atoms with E-state index in [0.717, 1.165) is 0 Å². The van der Waals surface area contributed by atoms with Crippen LogP contribution in [-0.4, -0.2) is 43.8 Å². The van der Waals surface area contributed by atoms with Crippen LogP contribution in [0.15, 0.2) is 54.2 Å². The van der Waals surface area contributed by atoms with E-state index in [-0.39, 0.29) is 18.8 Å². The number of benzene rings is 2. The van der Waals surface area contributed by atoms with Gasteiger partial charge < -0.3 is 25.2 Å². The smallest absolute Gasteiger partial charge is 0.267 e. The molecule has 0 aromatic heterocycles. The van der Waals surface area contributed by atoms with Crippen molar-refractivity contribution in [1.29, 1.82) is 0 Å². The summed E-state index contributed by atoms with van der Waals surface area (Å²) < 4.78 is 10.8. The van der Waals surface area contributed by atoms with Gasteiger partial charge in [-0.15, -0.1) is 0 Å². The Balaban J connectivity index is 2.16. The Bertz CT molecular complexity index is 858. The van der Waals surface area contributed by atoms with E-state index in [1.807, 2.05) is 0 Å². The van der Waals surface area contributed by atoms with E-state index in [0.29, 0.717) is 35.2 Å². The second kappa shape index (κ2) is 11.6. The van der Waals surface area contributed by atoms with Crippen molar-refractivity contribution >= 4 is 17.9 Å². The molecule has 0 saturated heterocycles. The maximum Gasteiger partial charge on any atom is 0.267 e. The van der Waals surface area contributed by atoms with Gasteiger partial charge in [-0.05, 0) is 54.0 Å². The van der Waals surface area contributed by atoms with Crippen molar-refractivity contribution in [3.8, 4) is 11.5 Å². The molecule has 0 aliphatic carbocycles. The molecular formula is C23H28N2O5. The number of hydrogen-bond donors (Lipinski definition) is 3. The first-order chi connectivity index (χ1) is 14.4. The molecule has 2 aromatic rings. The molecule has 0 aliphatic rings. The molecule has 2 rings (SSSR count). The maximum atomic E-state index is 12.7. The largest absolute Gasteiger partial charge is 0.497 e. The zero-order valence-corrected chi connectivity index (χ0v) is 17.5. The van der Waals surface area contributed by atoms with Crippen LogP contribution in [0.3, 0.4) is 0 Å². The molecule has 0 radical (unpaired) electrons. The van der Waals surface area contributed by atoms with Crippen LogP contribution in [0, 0.1) is 5.92 Å². The van der Waals surface area contributed by atoms with Gasteiger partial charge in [-0.2, -0.15) is 0 Å². The lowest BCUT2D eigenvalue weighted by molar-refractivity contribution is -0.117. The first kappa shape index (κ1) is 23.0. The van der Waals surface area contributed by atoms with Gasteiger partial charge >= 0.3 is 0 Å². The average Bonchev–Trinajstić information content (AvgIpc) is 2.76. The number of aliphatic hydroxyl groups is 1. The third-order valence-corrected chi connectivity index (χ3v) is 4.02. The van der Waals surface area contributed by atoms with Crippen LogP contribution in [0.1, 0.15) is 29.8 Å². The molecule has 7 nitrogen and oxygen atoms in total. The average molecular weight is 412 g/mol. The number of nitrogens with one attached hydrogen (secondary N) is 2. The van der Waals surface area contributed by atoms with Gasteiger partial charge in [0.15, 0.2) is 0 Å². The second-order valence-corrected chi connectivity index (χ2v) is 6.99. The summed E-state index contributed by atoms with van der Waals surface area (Å²) in [6.45, 7) is 4.58. The molecule has 160 valence electrons. The van der Waals surface area contributed by atoms with Gasteiger partial charge in [0.05, 0.1) is 20.3 Å². The van der Waals surface area contributed by atoms with Gasteiger partial charge in [0.1, 0.15) is 17.2 Å². The molecule has 30 heavy (non-hydrogen) atoms. The Morgan fingerprint density at radius 1 is 1.03 bits per heavy atom. The molecule has 0 atom stereocenters. The van der Waals surface area contributed by atoms with Crippen LogP contribution in [0.2, 0.25) is 0 Å². The Morgan fingerprint density at radius 3 is 2.23 bits per heavy atom. The summed E-state index contributed by atoms with van der Waals surface area (Å²) in [5.41, 5.74) is 1.17. The van der Waals surface area contributed by atoms with E-state index in [2.05, 4.69) is 24.5 Å². The number of carbonyl (C=O) groups is 2. The Hall–Kier alpha value is -3.32. The molecule has 0 fully saturated rings. The number of rotatable bonds is 10. The molecule has 3 N–H and O–H groups in total. The molecular weight excluding hydrogens is 384 g/mol. The third-order valence-electron chi connectivity index (χ3n) is 4.02. The molecule has 0 spiro atoms.